The summed E-state index contributed by atoms with van der Waals surface area (Å²) in [6.45, 7) is 14.0. The van der Waals surface area contributed by atoms with Crippen LogP contribution in [0.5, 0.6) is 0 Å². The van der Waals surface area contributed by atoms with Crippen LogP contribution in [-0.2, 0) is 14.3 Å². The van der Waals surface area contributed by atoms with Crippen LogP contribution in [0.2, 0.25) is 0 Å². The summed E-state index contributed by atoms with van der Waals surface area (Å²) in [6, 6.07) is 0. The van der Waals surface area contributed by atoms with E-state index in [9.17, 15) is 14.7 Å². The lowest BCUT2D eigenvalue weighted by atomic mass is 9.90. The second-order valence-electron chi connectivity index (χ2n) is 7.86. The van der Waals surface area contributed by atoms with Gasteiger partial charge in [0.15, 0.2) is 0 Å². The molecule has 2 N–H and O–H groups in total. The molecule has 23 heavy (non-hydrogen) atoms. The van der Waals surface area contributed by atoms with E-state index in [1.54, 1.807) is 20.8 Å². The minimum atomic E-state index is -1.02. The normalized spacial score (nSPS) is 15.9. The van der Waals surface area contributed by atoms with Gasteiger partial charge in [-0.25, -0.2) is 0 Å². The molecular weight excluding hydrogens is 294 g/mol. The van der Waals surface area contributed by atoms with Crippen molar-refractivity contribution in [3.63, 3.8) is 0 Å². The highest BCUT2D eigenvalue weighted by atomic mass is 16.6. The predicted molar refractivity (Wildman–Crippen MR) is 91.9 cm³/mol. The van der Waals surface area contributed by atoms with E-state index < -0.39 is 23.6 Å². The second kappa shape index (κ2) is 9.91. The lowest BCUT2D eigenvalue weighted by molar-refractivity contribution is -0.165. The van der Waals surface area contributed by atoms with Gasteiger partial charge in [-0.15, -0.1) is 0 Å². The van der Waals surface area contributed by atoms with Gasteiger partial charge < -0.3 is 15.2 Å². The molecule has 0 bridgehead atoms. The van der Waals surface area contributed by atoms with Crippen LogP contribution in [0, 0.1) is 17.8 Å². The summed E-state index contributed by atoms with van der Waals surface area (Å²) in [5, 5.41) is 13.2. The van der Waals surface area contributed by atoms with Crippen LogP contribution >= 0.6 is 0 Å². The second-order valence-corrected chi connectivity index (χ2v) is 7.86. The highest BCUT2D eigenvalue weighted by Crippen LogP contribution is 2.22. The predicted octanol–water partition coefficient (Wildman–Crippen LogP) is 2.90. The average Bonchev–Trinajstić information content (AvgIpc) is 2.39. The fourth-order valence-electron chi connectivity index (χ4n) is 2.13. The van der Waals surface area contributed by atoms with Gasteiger partial charge in [0.05, 0.1) is 18.4 Å². The first-order valence-corrected chi connectivity index (χ1v) is 8.63. The van der Waals surface area contributed by atoms with E-state index >= 15 is 0 Å². The maximum atomic E-state index is 12.3. The highest BCUT2D eigenvalue weighted by Gasteiger charge is 2.32. The van der Waals surface area contributed by atoms with E-state index in [-0.39, 0.29) is 18.2 Å². The maximum absolute atomic E-state index is 12.3. The van der Waals surface area contributed by atoms with Crippen LogP contribution in [0.15, 0.2) is 0 Å². The van der Waals surface area contributed by atoms with Crippen molar-refractivity contribution >= 4 is 11.9 Å². The zero-order valence-corrected chi connectivity index (χ0v) is 15.8. The Balaban J connectivity index is 4.71. The van der Waals surface area contributed by atoms with Crippen molar-refractivity contribution in [2.24, 2.45) is 17.8 Å². The summed E-state index contributed by atoms with van der Waals surface area (Å²) in [6.07, 6.45) is 0.377. The zero-order valence-electron chi connectivity index (χ0n) is 15.8. The first kappa shape index (κ1) is 21.9. The van der Waals surface area contributed by atoms with E-state index in [1.807, 2.05) is 13.8 Å². The molecule has 2 unspecified atom stereocenters. The summed E-state index contributed by atoms with van der Waals surface area (Å²) in [4.78, 5) is 24.3. The Bertz CT molecular complexity index is 374. The van der Waals surface area contributed by atoms with Crippen LogP contribution in [0.1, 0.15) is 67.7 Å². The van der Waals surface area contributed by atoms with E-state index in [0.29, 0.717) is 18.9 Å². The third-order valence-electron chi connectivity index (χ3n) is 3.64. The van der Waals surface area contributed by atoms with Gasteiger partial charge in [-0.2, -0.15) is 0 Å². The molecule has 0 rings (SSSR count). The van der Waals surface area contributed by atoms with E-state index in [1.165, 1.54) is 0 Å². The Morgan fingerprint density at radius 1 is 1.17 bits per heavy atom. The molecule has 0 aromatic rings. The molecule has 0 aromatic heterocycles. The fraction of sp³-hybridized carbons (Fsp3) is 0.889. The number of amides is 1. The molecule has 5 nitrogen and oxygen atoms in total. The van der Waals surface area contributed by atoms with Crippen LogP contribution < -0.4 is 5.32 Å². The van der Waals surface area contributed by atoms with Gasteiger partial charge in [0.25, 0.3) is 0 Å². The molecule has 0 aromatic carbocycles. The zero-order chi connectivity index (χ0) is 18.2. The summed E-state index contributed by atoms with van der Waals surface area (Å²) in [5.74, 6) is -0.717. The molecule has 0 radical (unpaired) electrons. The van der Waals surface area contributed by atoms with Crippen molar-refractivity contribution in [2.75, 3.05) is 6.54 Å². The van der Waals surface area contributed by atoms with Crippen LogP contribution in [0.3, 0.4) is 0 Å². The summed E-state index contributed by atoms with van der Waals surface area (Å²) in [5.41, 5.74) is -0.606. The molecule has 0 aliphatic rings. The minimum Gasteiger partial charge on any atom is -0.460 e. The Kier molecular flexibility index (Phi) is 9.44. The third-order valence-corrected chi connectivity index (χ3v) is 3.64. The smallest absolute Gasteiger partial charge is 0.312 e. The number of ether oxygens (including phenoxy) is 1. The summed E-state index contributed by atoms with van der Waals surface area (Å²) >= 11 is 0. The summed E-state index contributed by atoms with van der Waals surface area (Å²) < 4.78 is 5.39. The van der Waals surface area contributed by atoms with Gasteiger partial charge in [0, 0.05) is 6.54 Å². The molecule has 0 aliphatic carbocycles. The lowest BCUT2D eigenvalue weighted by Gasteiger charge is -2.27. The van der Waals surface area contributed by atoms with Gasteiger partial charge >= 0.3 is 5.97 Å². The first-order valence-electron chi connectivity index (χ1n) is 8.63. The van der Waals surface area contributed by atoms with E-state index in [0.717, 1.165) is 6.42 Å². The molecule has 0 fully saturated rings. The molecule has 0 spiro atoms. The topological polar surface area (TPSA) is 75.6 Å². The van der Waals surface area contributed by atoms with E-state index in [4.69, 9.17) is 4.74 Å². The SMILES string of the molecule is CC[C@H](C)CNC(=O)CC(O)C(CC(C)C)C(=O)OC(C)(C)C. The van der Waals surface area contributed by atoms with Gasteiger partial charge in [-0.05, 0) is 39.0 Å². The van der Waals surface area contributed by atoms with Crippen molar-refractivity contribution in [1.29, 1.82) is 0 Å². The number of carbonyl (C=O) groups is 2. The lowest BCUT2D eigenvalue weighted by Crippen LogP contribution is -2.39. The molecule has 0 saturated heterocycles. The minimum absolute atomic E-state index is 0.0763. The Labute approximate surface area is 141 Å². The average molecular weight is 329 g/mol. The number of hydrogen-bond donors (Lipinski definition) is 2. The van der Waals surface area contributed by atoms with Crippen LogP contribution in [0.4, 0.5) is 0 Å². The number of carbonyl (C=O) groups excluding carboxylic acids is 2. The molecular formula is C18H35NO4. The standard InChI is InChI=1S/C18H35NO4/c1-8-13(4)11-19-16(21)10-15(20)14(9-12(2)3)17(22)23-18(5,6)7/h12-15,20H,8-11H2,1-7H3,(H,19,21)/t13-,14?,15?/m0/s1. The Morgan fingerprint density at radius 3 is 2.17 bits per heavy atom. The molecule has 1 amide bonds. The van der Waals surface area contributed by atoms with Gasteiger partial charge in [0.2, 0.25) is 5.91 Å². The number of nitrogens with one attached hydrogen (secondary N) is 1. The third kappa shape index (κ3) is 10.3. The monoisotopic (exact) mass is 329 g/mol. The highest BCUT2D eigenvalue weighted by molar-refractivity contribution is 5.79. The van der Waals surface area contributed by atoms with Crippen molar-refractivity contribution in [3.8, 4) is 0 Å². The van der Waals surface area contributed by atoms with Crippen molar-refractivity contribution in [3.05, 3.63) is 0 Å². The van der Waals surface area contributed by atoms with E-state index in [2.05, 4.69) is 19.2 Å². The Morgan fingerprint density at radius 2 is 1.74 bits per heavy atom. The van der Waals surface area contributed by atoms with Crippen molar-refractivity contribution < 1.29 is 19.4 Å². The van der Waals surface area contributed by atoms with Crippen LogP contribution in [-0.4, -0.2) is 35.2 Å². The molecule has 136 valence electrons. The molecule has 3 atom stereocenters. The maximum Gasteiger partial charge on any atom is 0.312 e. The summed E-state index contributed by atoms with van der Waals surface area (Å²) in [7, 11) is 0. The van der Waals surface area contributed by atoms with Gasteiger partial charge in [0.1, 0.15) is 5.60 Å². The fourth-order valence-corrected chi connectivity index (χ4v) is 2.13. The largest absolute Gasteiger partial charge is 0.460 e. The molecule has 0 heterocycles. The van der Waals surface area contributed by atoms with Crippen molar-refractivity contribution in [2.45, 2.75) is 79.4 Å². The molecule has 5 heteroatoms. The molecule has 0 saturated carbocycles. The molecule has 0 aliphatic heterocycles. The van der Waals surface area contributed by atoms with Gasteiger partial charge in [-0.1, -0.05) is 34.1 Å². The number of rotatable bonds is 9. The van der Waals surface area contributed by atoms with Crippen LogP contribution in [0.25, 0.3) is 0 Å². The van der Waals surface area contributed by atoms with Crippen molar-refractivity contribution in [1.82, 2.24) is 5.32 Å². The Hall–Kier alpha value is -1.10. The number of hydrogen-bond acceptors (Lipinski definition) is 4. The van der Waals surface area contributed by atoms with Gasteiger partial charge in [-0.3, -0.25) is 9.59 Å². The number of aliphatic hydroxyl groups excluding tert-OH is 1. The first-order chi connectivity index (χ1) is 10.5. The number of aliphatic hydroxyl groups is 1. The number of esters is 1. The quantitative estimate of drug-likeness (QED) is 0.638.